The van der Waals surface area contributed by atoms with Gasteiger partial charge in [0, 0.05) is 28.1 Å². The molecule has 2 aromatic heterocycles. The Morgan fingerprint density at radius 1 is 1.35 bits per heavy atom. The van der Waals surface area contributed by atoms with E-state index < -0.39 is 23.7 Å². The summed E-state index contributed by atoms with van der Waals surface area (Å²) in [6.07, 6.45) is -0.247. The summed E-state index contributed by atoms with van der Waals surface area (Å²) in [5, 5.41) is 32.8. The number of aromatic nitrogens is 2. The lowest BCUT2D eigenvalue weighted by atomic mass is 9.87. The number of hydrogen-bond donors (Lipinski definition) is 3. The Labute approximate surface area is 175 Å². The number of carboxylic acids is 1. The van der Waals surface area contributed by atoms with E-state index in [2.05, 4.69) is 4.98 Å². The number of fused-ring (bicyclic) bond motifs is 5. The number of ether oxygens (including phenoxy) is 2. The molecule has 2 aliphatic rings. The normalized spacial score (nSPS) is 15.6. The largest absolute Gasteiger partial charge is 0.547 e. The molecule has 3 aromatic rings. The van der Waals surface area contributed by atoms with E-state index in [4.69, 9.17) is 15.2 Å². The second kappa shape index (κ2) is 6.43. The molecule has 0 fully saturated rings. The maximum atomic E-state index is 13.1. The summed E-state index contributed by atoms with van der Waals surface area (Å²) in [7, 11) is 0. The maximum Gasteiger partial charge on any atom is 0.257 e. The number of aliphatic hydroxyl groups is 2. The molecular weight excluding hydrogens is 406 g/mol. The summed E-state index contributed by atoms with van der Waals surface area (Å²) in [5.41, 5.74) is 5.15. The monoisotopic (exact) mass is 424 g/mol. The first-order chi connectivity index (χ1) is 14.8. The van der Waals surface area contributed by atoms with Crippen LogP contribution in [0.25, 0.3) is 22.3 Å². The number of aliphatic carboxylic acids is 1. The zero-order valence-corrected chi connectivity index (χ0v) is 16.5. The van der Waals surface area contributed by atoms with Gasteiger partial charge < -0.3 is 39.9 Å². The van der Waals surface area contributed by atoms with Crippen LogP contribution in [0.3, 0.4) is 0 Å². The van der Waals surface area contributed by atoms with Crippen molar-refractivity contribution in [1.82, 2.24) is 9.55 Å². The average molecular weight is 424 g/mol. The standard InChI is InChI=1S/C21H19N3O7/c1-2-21(29,20(27)28)12-4-14-17-9(6-24(14)19(26)11(12)7-25)3-10-13(23-17)5-15-18(16(10)22)31-8-30-15/h3-5,25,29H,2,6-8,22H2,1H3,(H,27,28)/p-1/t21-/m1/s1. The molecule has 0 bridgehead atoms. The van der Waals surface area contributed by atoms with Crippen molar-refractivity contribution in [2.75, 3.05) is 12.5 Å². The summed E-state index contributed by atoms with van der Waals surface area (Å²) in [6, 6.07) is 4.86. The first kappa shape index (κ1) is 19.3. The quantitative estimate of drug-likeness (QED) is 0.370. The first-order valence-corrected chi connectivity index (χ1v) is 9.64. The summed E-state index contributed by atoms with van der Waals surface area (Å²) in [5.74, 6) is -0.852. The fraction of sp³-hybridized carbons (Fsp3) is 0.286. The zero-order chi connectivity index (χ0) is 22.1. The third kappa shape index (κ3) is 2.49. The van der Waals surface area contributed by atoms with Gasteiger partial charge in [0.05, 0.1) is 41.7 Å². The number of nitrogen functional groups attached to an aromatic ring is 1. The van der Waals surface area contributed by atoms with E-state index in [0.29, 0.717) is 45.0 Å². The van der Waals surface area contributed by atoms with E-state index in [1.807, 2.05) is 0 Å². The van der Waals surface area contributed by atoms with E-state index in [1.54, 1.807) is 12.1 Å². The lowest BCUT2D eigenvalue weighted by Crippen LogP contribution is -2.47. The highest BCUT2D eigenvalue weighted by Gasteiger charge is 2.36. The number of pyridine rings is 2. The van der Waals surface area contributed by atoms with E-state index in [0.717, 1.165) is 0 Å². The molecule has 0 amide bonds. The highest BCUT2D eigenvalue weighted by molar-refractivity contribution is 5.98. The fourth-order valence-corrected chi connectivity index (χ4v) is 4.27. The van der Waals surface area contributed by atoms with Crippen LogP contribution in [0.15, 0.2) is 23.0 Å². The minimum absolute atomic E-state index is 0.0555. The average Bonchev–Trinajstić information content (AvgIpc) is 3.36. The van der Waals surface area contributed by atoms with Gasteiger partial charge in [-0.25, -0.2) is 4.98 Å². The topological polar surface area (TPSA) is 160 Å². The van der Waals surface area contributed by atoms with Gasteiger partial charge in [-0.15, -0.1) is 0 Å². The molecule has 4 N–H and O–H groups in total. The molecule has 1 aromatic carbocycles. The van der Waals surface area contributed by atoms with Crippen LogP contribution in [0.2, 0.25) is 0 Å². The predicted octanol–water partition coefficient (Wildman–Crippen LogP) is -0.424. The number of aliphatic hydroxyl groups excluding tert-OH is 1. The number of nitrogens with two attached hydrogens (primary N) is 1. The molecule has 1 atom stereocenters. The van der Waals surface area contributed by atoms with E-state index in [9.17, 15) is 24.9 Å². The Bertz CT molecular complexity index is 1350. The molecule has 0 aliphatic carbocycles. The molecule has 160 valence electrons. The van der Waals surface area contributed by atoms with E-state index in [1.165, 1.54) is 17.6 Å². The van der Waals surface area contributed by atoms with Gasteiger partial charge in [0.1, 0.15) is 5.60 Å². The van der Waals surface area contributed by atoms with Gasteiger partial charge in [0.15, 0.2) is 11.5 Å². The SMILES string of the molecule is CC[C@](O)(C(=O)[O-])c1cc2n(c(=O)c1CO)Cc1cc3c(N)c4c(cc3nc1-2)OCO4. The Kier molecular flexibility index (Phi) is 4.01. The smallest absolute Gasteiger partial charge is 0.257 e. The summed E-state index contributed by atoms with van der Waals surface area (Å²) in [4.78, 5) is 29.4. The highest BCUT2D eigenvalue weighted by Crippen LogP contribution is 2.44. The van der Waals surface area contributed by atoms with Crippen LogP contribution in [0.1, 0.15) is 30.0 Å². The Hall–Kier alpha value is -3.63. The molecule has 2 aliphatic heterocycles. The lowest BCUT2D eigenvalue weighted by Gasteiger charge is -2.30. The van der Waals surface area contributed by atoms with Crippen LogP contribution in [0.5, 0.6) is 11.5 Å². The number of carboxylic acid groups (broad SMARTS) is 1. The second-order valence-electron chi connectivity index (χ2n) is 7.56. The number of rotatable bonds is 4. The second-order valence-corrected chi connectivity index (χ2v) is 7.56. The van der Waals surface area contributed by atoms with Gasteiger partial charge in [-0.1, -0.05) is 6.92 Å². The molecule has 0 spiro atoms. The van der Waals surface area contributed by atoms with Crippen molar-refractivity contribution in [3.8, 4) is 22.9 Å². The number of nitrogens with zero attached hydrogens (tertiary/aromatic N) is 2. The number of benzene rings is 1. The van der Waals surface area contributed by atoms with Gasteiger partial charge in [0.25, 0.3) is 5.56 Å². The van der Waals surface area contributed by atoms with Crippen molar-refractivity contribution in [3.05, 3.63) is 45.2 Å². The van der Waals surface area contributed by atoms with E-state index in [-0.39, 0.29) is 30.9 Å². The van der Waals surface area contributed by atoms with Crippen LogP contribution in [-0.4, -0.2) is 32.5 Å². The van der Waals surface area contributed by atoms with Crippen LogP contribution < -0.4 is 25.9 Å². The summed E-state index contributed by atoms with van der Waals surface area (Å²) < 4.78 is 12.2. The van der Waals surface area contributed by atoms with Gasteiger partial charge >= 0.3 is 0 Å². The van der Waals surface area contributed by atoms with E-state index >= 15 is 0 Å². The van der Waals surface area contributed by atoms with Crippen LogP contribution in [0.4, 0.5) is 5.69 Å². The molecule has 0 unspecified atom stereocenters. The third-order valence-corrected chi connectivity index (χ3v) is 6.00. The number of hydrogen-bond acceptors (Lipinski definition) is 9. The van der Waals surface area contributed by atoms with Crippen molar-refractivity contribution >= 4 is 22.6 Å². The predicted molar refractivity (Wildman–Crippen MR) is 106 cm³/mol. The molecule has 0 saturated carbocycles. The van der Waals surface area contributed by atoms with Crippen molar-refractivity contribution in [1.29, 1.82) is 0 Å². The van der Waals surface area contributed by atoms with Gasteiger partial charge in [-0.3, -0.25) is 4.79 Å². The molecule has 4 heterocycles. The van der Waals surface area contributed by atoms with Crippen LogP contribution in [-0.2, 0) is 23.5 Å². The van der Waals surface area contributed by atoms with Crippen molar-refractivity contribution in [2.45, 2.75) is 32.1 Å². The number of anilines is 1. The minimum Gasteiger partial charge on any atom is -0.547 e. The molecule has 10 nitrogen and oxygen atoms in total. The maximum absolute atomic E-state index is 13.1. The Morgan fingerprint density at radius 3 is 2.81 bits per heavy atom. The van der Waals surface area contributed by atoms with Crippen molar-refractivity contribution in [3.63, 3.8) is 0 Å². The number of carbonyl (C=O) groups is 1. The Balaban J connectivity index is 1.79. The zero-order valence-electron chi connectivity index (χ0n) is 16.5. The van der Waals surface area contributed by atoms with Crippen molar-refractivity contribution in [2.24, 2.45) is 0 Å². The lowest BCUT2D eigenvalue weighted by molar-refractivity contribution is -0.326. The van der Waals surface area contributed by atoms with Gasteiger partial charge in [-0.2, -0.15) is 0 Å². The first-order valence-electron chi connectivity index (χ1n) is 9.64. The van der Waals surface area contributed by atoms with Crippen LogP contribution >= 0.6 is 0 Å². The van der Waals surface area contributed by atoms with Crippen LogP contribution in [0, 0.1) is 0 Å². The third-order valence-electron chi connectivity index (χ3n) is 6.00. The molecule has 10 heteroatoms. The molecule has 5 rings (SSSR count). The highest BCUT2D eigenvalue weighted by atomic mass is 16.7. The molecule has 0 saturated heterocycles. The van der Waals surface area contributed by atoms with Gasteiger partial charge in [-0.05, 0) is 18.6 Å². The summed E-state index contributed by atoms with van der Waals surface area (Å²) in [6.45, 7) is 0.931. The van der Waals surface area contributed by atoms with Crippen molar-refractivity contribution < 1.29 is 29.6 Å². The molecular formula is C21H18N3O7-. The fourth-order valence-electron chi connectivity index (χ4n) is 4.27. The number of carbonyl (C=O) groups excluding carboxylic acids is 1. The summed E-state index contributed by atoms with van der Waals surface area (Å²) >= 11 is 0. The molecule has 31 heavy (non-hydrogen) atoms. The minimum atomic E-state index is -2.43. The van der Waals surface area contributed by atoms with Gasteiger partial charge in [0.2, 0.25) is 6.79 Å². The Morgan fingerprint density at radius 2 is 2.13 bits per heavy atom. The molecule has 0 radical (unpaired) electrons.